The van der Waals surface area contributed by atoms with E-state index < -0.39 is 7.26 Å². The van der Waals surface area contributed by atoms with Gasteiger partial charge in [-0.3, -0.25) is 0 Å². The van der Waals surface area contributed by atoms with E-state index in [9.17, 15) is 0 Å². The highest BCUT2D eigenvalue weighted by Gasteiger charge is 2.46. The van der Waals surface area contributed by atoms with Crippen molar-refractivity contribution in [2.45, 2.75) is 20.0 Å². The number of hydrogen-bond acceptors (Lipinski definition) is 1. The Balaban J connectivity index is 0.00000306. The van der Waals surface area contributed by atoms with Crippen molar-refractivity contribution in [3.63, 3.8) is 0 Å². The standard InChI is InChI=1S/C30H32OP.HI/c1-2-26(23-31-24-27-15-7-3-8-16-27)25-32(28-17-9-4-10-18-28,29-19-11-5-12-20-29)30-21-13-6-14-22-30;/h3-22,26H,2,23-25H2,1H3;1H/q+1;/p-1. The van der Waals surface area contributed by atoms with Crippen molar-refractivity contribution in [2.75, 3.05) is 12.8 Å². The molecule has 3 heteroatoms. The maximum atomic E-state index is 6.24. The van der Waals surface area contributed by atoms with Crippen LogP contribution in [0.1, 0.15) is 18.9 Å². The topological polar surface area (TPSA) is 9.23 Å². The second-order valence-corrected chi connectivity index (χ2v) is 11.8. The summed E-state index contributed by atoms with van der Waals surface area (Å²) in [4.78, 5) is 0. The first-order valence-corrected chi connectivity index (χ1v) is 13.5. The van der Waals surface area contributed by atoms with Gasteiger partial charge in [0.1, 0.15) is 23.2 Å². The SMILES string of the molecule is CCC(COCc1ccccc1)C[P+](c1ccccc1)(c1ccccc1)c1ccccc1.[I-]. The summed E-state index contributed by atoms with van der Waals surface area (Å²) in [5, 5.41) is 4.33. The molecule has 33 heavy (non-hydrogen) atoms. The minimum atomic E-state index is -1.82. The number of rotatable bonds is 10. The molecule has 0 aliphatic rings. The Hall–Kier alpha value is -2.00. The third-order valence-corrected chi connectivity index (χ3v) is 10.8. The molecule has 4 rings (SSSR count). The van der Waals surface area contributed by atoms with Crippen LogP contribution in [0, 0.1) is 5.92 Å². The van der Waals surface area contributed by atoms with Crippen molar-refractivity contribution >= 4 is 23.2 Å². The Morgan fingerprint density at radius 1 is 0.606 bits per heavy atom. The van der Waals surface area contributed by atoms with E-state index in [-0.39, 0.29) is 24.0 Å². The van der Waals surface area contributed by atoms with Gasteiger partial charge >= 0.3 is 0 Å². The Kier molecular flexibility index (Phi) is 10.1. The van der Waals surface area contributed by atoms with Crippen molar-refractivity contribution in [2.24, 2.45) is 5.92 Å². The highest BCUT2D eigenvalue weighted by atomic mass is 127. The normalized spacial score (nSPS) is 12.0. The number of benzene rings is 4. The van der Waals surface area contributed by atoms with Crippen LogP contribution in [-0.4, -0.2) is 12.8 Å². The average molecular weight is 566 g/mol. The van der Waals surface area contributed by atoms with Crippen molar-refractivity contribution in [3.05, 3.63) is 127 Å². The largest absolute Gasteiger partial charge is 1.00 e. The van der Waals surface area contributed by atoms with Gasteiger partial charge in [-0.1, -0.05) is 91.9 Å². The van der Waals surface area contributed by atoms with Gasteiger partial charge in [-0.05, 0) is 48.4 Å². The molecule has 1 nitrogen and oxygen atoms in total. The maximum Gasteiger partial charge on any atom is 0.112 e. The summed E-state index contributed by atoms with van der Waals surface area (Å²) in [5.41, 5.74) is 1.23. The fourth-order valence-corrected chi connectivity index (χ4v) is 9.12. The summed E-state index contributed by atoms with van der Waals surface area (Å²) in [5.74, 6) is 0.479. The van der Waals surface area contributed by atoms with Gasteiger partial charge in [-0.25, -0.2) is 0 Å². The molecule has 170 valence electrons. The molecule has 0 saturated heterocycles. The van der Waals surface area contributed by atoms with E-state index in [1.807, 2.05) is 0 Å². The zero-order chi connectivity index (χ0) is 22.1. The van der Waals surface area contributed by atoms with Crippen molar-refractivity contribution < 1.29 is 28.7 Å². The molecule has 0 amide bonds. The molecule has 0 aliphatic carbocycles. The Labute approximate surface area is 216 Å². The van der Waals surface area contributed by atoms with Crippen molar-refractivity contribution in [1.82, 2.24) is 0 Å². The molecule has 0 radical (unpaired) electrons. The van der Waals surface area contributed by atoms with E-state index in [1.165, 1.54) is 21.5 Å². The van der Waals surface area contributed by atoms with Gasteiger partial charge in [0.25, 0.3) is 0 Å². The summed E-state index contributed by atoms with van der Waals surface area (Å²) < 4.78 is 6.24. The fraction of sp³-hybridized carbons (Fsp3) is 0.200. The molecule has 0 aromatic heterocycles. The highest BCUT2D eigenvalue weighted by Crippen LogP contribution is 2.56. The van der Waals surface area contributed by atoms with Gasteiger partial charge in [-0.15, -0.1) is 0 Å². The number of ether oxygens (including phenoxy) is 1. The lowest BCUT2D eigenvalue weighted by molar-refractivity contribution is -0.00000676. The van der Waals surface area contributed by atoms with Gasteiger partial charge < -0.3 is 28.7 Å². The molecule has 0 bridgehead atoms. The predicted octanol–water partition coefficient (Wildman–Crippen LogP) is 3.23. The van der Waals surface area contributed by atoms with Crippen LogP contribution in [0.2, 0.25) is 0 Å². The Bertz CT molecular complexity index is 959. The molecule has 0 spiro atoms. The minimum Gasteiger partial charge on any atom is -1.00 e. The first kappa shape index (κ1) is 25.6. The summed E-state index contributed by atoms with van der Waals surface area (Å²) in [6.45, 7) is 3.75. The lowest BCUT2D eigenvalue weighted by atomic mass is 10.1. The van der Waals surface area contributed by atoms with E-state index in [4.69, 9.17) is 4.74 Å². The molecular weight excluding hydrogens is 534 g/mol. The first-order valence-electron chi connectivity index (χ1n) is 11.5. The molecule has 0 fully saturated rings. The monoisotopic (exact) mass is 566 g/mol. The maximum absolute atomic E-state index is 6.24. The quantitative estimate of drug-likeness (QED) is 0.212. The third-order valence-electron chi connectivity index (χ3n) is 6.17. The van der Waals surface area contributed by atoms with Gasteiger partial charge in [0, 0.05) is 5.92 Å². The lowest BCUT2D eigenvalue weighted by Crippen LogP contribution is -3.00. The molecule has 4 aromatic rings. The summed E-state index contributed by atoms with van der Waals surface area (Å²) in [6, 6.07) is 43.9. The van der Waals surface area contributed by atoms with Crippen LogP contribution in [0.5, 0.6) is 0 Å². The zero-order valence-corrected chi connectivity index (χ0v) is 22.2. The second kappa shape index (κ2) is 13.0. The Morgan fingerprint density at radius 3 is 1.39 bits per heavy atom. The van der Waals surface area contributed by atoms with Crippen LogP contribution < -0.4 is 39.9 Å². The molecule has 0 aliphatic heterocycles. The van der Waals surface area contributed by atoms with Crippen LogP contribution in [0.15, 0.2) is 121 Å². The van der Waals surface area contributed by atoms with E-state index in [1.54, 1.807) is 0 Å². The molecule has 0 N–H and O–H groups in total. The van der Waals surface area contributed by atoms with Gasteiger partial charge in [0.2, 0.25) is 0 Å². The van der Waals surface area contributed by atoms with Crippen molar-refractivity contribution in [1.29, 1.82) is 0 Å². The van der Waals surface area contributed by atoms with E-state index in [0.717, 1.165) is 19.2 Å². The summed E-state index contributed by atoms with van der Waals surface area (Å²) in [7, 11) is -1.82. The van der Waals surface area contributed by atoms with E-state index in [2.05, 4.69) is 128 Å². The number of halogens is 1. The van der Waals surface area contributed by atoms with E-state index >= 15 is 0 Å². The zero-order valence-electron chi connectivity index (χ0n) is 19.2. The van der Waals surface area contributed by atoms with Crippen LogP contribution >= 0.6 is 7.26 Å². The second-order valence-electron chi connectivity index (χ2n) is 8.27. The van der Waals surface area contributed by atoms with E-state index in [0.29, 0.717) is 12.5 Å². The molecular formula is C30H32IOP. The van der Waals surface area contributed by atoms with Gasteiger partial charge in [-0.2, -0.15) is 0 Å². The Morgan fingerprint density at radius 2 is 1.00 bits per heavy atom. The summed E-state index contributed by atoms with van der Waals surface area (Å²) in [6.07, 6.45) is 2.21. The third kappa shape index (κ3) is 6.32. The smallest absolute Gasteiger partial charge is 0.112 e. The summed E-state index contributed by atoms with van der Waals surface area (Å²) >= 11 is 0. The molecule has 0 heterocycles. The molecule has 0 saturated carbocycles. The fourth-order valence-electron chi connectivity index (χ4n) is 4.42. The van der Waals surface area contributed by atoms with Crippen LogP contribution in [-0.2, 0) is 11.3 Å². The first-order chi connectivity index (χ1) is 15.8. The van der Waals surface area contributed by atoms with Crippen LogP contribution in [0.25, 0.3) is 0 Å². The minimum absolute atomic E-state index is 0. The average Bonchev–Trinajstić information content (AvgIpc) is 2.88. The van der Waals surface area contributed by atoms with Gasteiger partial charge in [0.05, 0.1) is 19.4 Å². The predicted molar refractivity (Wildman–Crippen MR) is 140 cm³/mol. The van der Waals surface area contributed by atoms with Crippen molar-refractivity contribution in [3.8, 4) is 0 Å². The number of hydrogen-bond donors (Lipinski definition) is 0. The van der Waals surface area contributed by atoms with Crippen LogP contribution in [0.4, 0.5) is 0 Å². The molecule has 4 aromatic carbocycles. The highest BCUT2D eigenvalue weighted by molar-refractivity contribution is 7.95. The molecule has 1 unspecified atom stereocenters. The van der Waals surface area contributed by atoms with Crippen LogP contribution in [0.3, 0.4) is 0 Å². The molecule has 1 atom stereocenters. The van der Waals surface area contributed by atoms with Gasteiger partial charge in [0.15, 0.2) is 0 Å². The lowest BCUT2D eigenvalue weighted by Gasteiger charge is -2.31.